The van der Waals surface area contributed by atoms with E-state index < -0.39 is 6.10 Å². The van der Waals surface area contributed by atoms with Crippen molar-refractivity contribution >= 4 is 34.0 Å². The molecule has 2 N–H and O–H groups in total. The number of aromatic nitrogens is 1. The van der Waals surface area contributed by atoms with Crippen LogP contribution in [-0.4, -0.2) is 21.7 Å². The summed E-state index contributed by atoms with van der Waals surface area (Å²) in [6.45, 7) is 3.66. The average molecular weight is 371 g/mol. The third-order valence-corrected chi connectivity index (χ3v) is 4.40. The standard InChI is InChI=1S/C20H19ClN2O3/c1-12-10-14(21)6-7-15(12)19(25)22-18-5-3-4-17-16(18)8-9-23(20(17)26)11-13(2)24/h3-10,13,24H,11H2,1-2H3,(H,22,25). The molecular formula is C20H19ClN2O3. The Balaban J connectivity index is 1.99. The third-order valence-electron chi connectivity index (χ3n) is 4.16. The summed E-state index contributed by atoms with van der Waals surface area (Å²) in [6.07, 6.45) is 1.00. The molecule has 1 aromatic heterocycles. The Morgan fingerprint density at radius 1 is 1.23 bits per heavy atom. The van der Waals surface area contributed by atoms with Crippen LogP contribution in [0.2, 0.25) is 5.02 Å². The zero-order valence-corrected chi connectivity index (χ0v) is 15.2. The fourth-order valence-electron chi connectivity index (χ4n) is 2.93. The van der Waals surface area contributed by atoms with Gasteiger partial charge in [0, 0.05) is 33.2 Å². The number of amides is 1. The molecule has 26 heavy (non-hydrogen) atoms. The number of pyridine rings is 1. The molecule has 0 aliphatic rings. The molecule has 0 saturated heterocycles. The van der Waals surface area contributed by atoms with Gasteiger partial charge < -0.3 is 15.0 Å². The lowest BCUT2D eigenvalue weighted by molar-refractivity contribution is 0.102. The summed E-state index contributed by atoms with van der Waals surface area (Å²) in [4.78, 5) is 25.2. The average Bonchev–Trinajstić information content (AvgIpc) is 2.57. The van der Waals surface area contributed by atoms with Crippen LogP contribution in [0.4, 0.5) is 5.69 Å². The van der Waals surface area contributed by atoms with Crippen molar-refractivity contribution in [2.75, 3.05) is 5.32 Å². The number of nitrogens with zero attached hydrogens (tertiary/aromatic N) is 1. The smallest absolute Gasteiger partial charge is 0.258 e. The Labute approximate surface area is 155 Å². The second-order valence-corrected chi connectivity index (χ2v) is 6.74. The van der Waals surface area contributed by atoms with Crippen molar-refractivity contribution in [3.8, 4) is 0 Å². The number of aryl methyl sites for hydroxylation is 1. The maximum atomic E-state index is 12.6. The number of carbonyl (C=O) groups excluding carboxylic acids is 1. The quantitative estimate of drug-likeness (QED) is 0.737. The topological polar surface area (TPSA) is 71.3 Å². The molecule has 0 aliphatic heterocycles. The minimum atomic E-state index is -0.624. The van der Waals surface area contributed by atoms with E-state index in [4.69, 9.17) is 11.6 Å². The number of hydrogen-bond donors (Lipinski definition) is 2. The fraction of sp³-hybridized carbons (Fsp3) is 0.200. The second kappa shape index (κ2) is 7.32. The summed E-state index contributed by atoms with van der Waals surface area (Å²) in [5.41, 5.74) is 1.65. The predicted octanol–water partition coefficient (Wildman–Crippen LogP) is 3.60. The second-order valence-electron chi connectivity index (χ2n) is 6.30. The lowest BCUT2D eigenvalue weighted by Crippen LogP contribution is -2.25. The van der Waals surface area contributed by atoms with E-state index in [0.717, 1.165) is 5.56 Å². The molecule has 0 saturated carbocycles. The van der Waals surface area contributed by atoms with Gasteiger partial charge in [-0.2, -0.15) is 0 Å². The van der Waals surface area contributed by atoms with Crippen molar-refractivity contribution in [2.45, 2.75) is 26.5 Å². The van der Waals surface area contributed by atoms with Crippen molar-refractivity contribution in [3.05, 3.63) is 75.2 Å². The molecule has 0 aliphatic carbocycles. The van der Waals surface area contributed by atoms with Crippen molar-refractivity contribution in [1.29, 1.82) is 0 Å². The summed E-state index contributed by atoms with van der Waals surface area (Å²) in [5, 5.41) is 14.1. The van der Waals surface area contributed by atoms with Gasteiger partial charge in [-0.1, -0.05) is 17.7 Å². The van der Waals surface area contributed by atoms with Gasteiger partial charge in [0.1, 0.15) is 0 Å². The number of hydrogen-bond acceptors (Lipinski definition) is 3. The first kappa shape index (κ1) is 18.2. The summed E-state index contributed by atoms with van der Waals surface area (Å²) in [6, 6.07) is 12.0. The first-order valence-electron chi connectivity index (χ1n) is 8.24. The van der Waals surface area contributed by atoms with Crippen LogP contribution < -0.4 is 10.9 Å². The first-order valence-corrected chi connectivity index (χ1v) is 8.62. The van der Waals surface area contributed by atoms with Crippen molar-refractivity contribution in [3.63, 3.8) is 0 Å². The van der Waals surface area contributed by atoms with E-state index in [1.54, 1.807) is 55.6 Å². The molecule has 1 heterocycles. The Hall–Kier alpha value is -2.63. The first-order chi connectivity index (χ1) is 12.4. The third kappa shape index (κ3) is 3.64. The molecule has 1 atom stereocenters. The van der Waals surface area contributed by atoms with Crippen molar-refractivity contribution in [2.24, 2.45) is 0 Å². The largest absolute Gasteiger partial charge is 0.392 e. The van der Waals surface area contributed by atoms with Gasteiger partial charge in [0.2, 0.25) is 0 Å². The number of halogens is 1. The van der Waals surface area contributed by atoms with E-state index in [9.17, 15) is 14.7 Å². The number of carbonyl (C=O) groups is 1. The van der Waals surface area contributed by atoms with Crippen LogP contribution in [0.15, 0.2) is 53.5 Å². The highest BCUT2D eigenvalue weighted by molar-refractivity contribution is 6.30. The fourth-order valence-corrected chi connectivity index (χ4v) is 3.15. The molecule has 134 valence electrons. The highest BCUT2D eigenvalue weighted by Crippen LogP contribution is 2.23. The molecule has 1 unspecified atom stereocenters. The SMILES string of the molecule is Cc1cc(Cl)ccc1C(=O)Nc1cccc2c(=O)n(CC(C)O)ccc12. The number of benzene rings is 2. The lowest BCUT2D eigenvalue weighted by atomic mass is 10.1. The van der Waals surface area contributed by atoms with Crippen LogP contribution in [0, 0.1) is 6.92 Å². The number of rotatable bonds is 4. The normalized spacial score (nSPS) is 12.2. The van der Waals surface area contributed by atoms with Crippen LogP contribution in [0.3, 0.4) is 0 Å². The van der Waals surface area contributed by atoms with E-state index in [1.165, 1.54) is 4.57 Å². The van der Waals surface area contributed by atoms with Crippen molar-refractivity contribution < 1.29 is 9.90 Å². The van der Waals surface area contributed by atoms with Gasteiger partial charge >= 0.3 is 0 Å². The molecule has 0 radical (unpaired) electrons. The summed E-state index contributed by atoms with van der Waals surface area (Å²) < 4.78 is 1.46. The maximum Gasteiger partial charge on any atom is 0.258 e. The van der Waals surface area contributed by atoms with Gasteiger partial charge in [-0.15, -0.1) is 0 Å². The van der Waals surface area contributed by atoms with Crippen LogP contribution in [-0.2, 0) is 6.54 Å². The molecule has 0 spiro atoms. The van der Waals surface area contributed by atoms with E-state index in [-0.39, 0.29) is 18.0 Å². The van der Waals surface area contributed by atoms with Gasteiger partial charge in [-0.05, 0) is 55.8 Å². The Morgan fingerprint density at radius 2 is 2.00 bits per heavy atom. The molecule has 1 amide bonds. The minimum Gasteiger partial charge on any atom is -0.392 e. The van der Waals surface area contributed by atoms with Gasteiger partial charge in [-0.3, -0.25) is 9.59 Å². The van der Waals surface area contributed by atoms with E-state index in [0.29, 0.717) is 27.0 Å². The molecule has 3 rings (SSSR count). The number of aliphatic hydroxyl groups excluding tert-OH is 1. The van der Waals surface area contributed by atoms with Gasteiger partial charge in [-0.25, -0.2) is 0 Å². The van der Waals surface area contributed by atoms with Gasteiger partial charge in [0.25, 0.3) is 11.5 Å². The number of aliphatic hydroxyl groups is 1. The van der Waals surface area contributed by atoms with Crippen LogP contribution >= 0.6 is 11.6 Å². The zero-order valence-electron chi connectivity index (χ0n) is 14.5. The molecule has 5 nitrogen and oxygen atoms in total. The Morgan fingerprint density at radius 3 is 2.69 bits per heavy atom. The summed E-state index contributed by atoms with van der Waals surface area (Å²) in [5.74, 6) is -0.264. The zero-order chi connectivity index (χ0) is 18.8. The van der Waals surface area contributed by atoms with Crippen LogP contribution in [0.5, 0.6) is 0 Å². The molecule has 2 aromatic carbocycles. The molecule has 3 aromatic rings. The Bertz CT molecular complexity index is 1040. The molecule has 6 heteroatoms. The van der Waals surface area contributed by atoms with E-state index >= 15 is 0 Å². The summed E-state index contributed by atoms with van der Waals surface area (Å²) in [7, 11) is 0. The highest BCUT2D eigenvalue weighted by Gasteiger charge is 2.13. The number of fused-ring (bicyclic) bond motifs is 1. The van der Waals surface area contributed by atoms with E-state index in [2.05, 4.69) is 5.32 Å². The molecular weight excluding hydrogens is 352 g/mol. The molecule has 0 bridgehead atoms. The predicted molar refractivity (Wildman–Crippen MR) is 104 cm³/mol. The number of nitrogens with one attached hydrogen (secondary N) is 1. The Kier molecular flexibility index (Phi) is 5.11. The number of anilines is 1. The van der Waals surface area contributed by atoms with Gasteiger partial charge in [0.15, 0.2) is 0 Å². The molecule has 0 fully saturated rings. The van der Waals surface area contributed by atoms with Crippen molar-refractivity contribution in [1.82, 2.24) is 4.57 Å². The highest BCUT2D eigenvalue weighted by atomic mass is 35.5. The van der Waals surface area contributed by atoms with Gasteiger partial charge in [0.05, 0.1) is 12.6 Å². The minimum absolute atomic E-state index is 0.206. The summed E-state index contributed by atoms with van der Waals surface area (Å²) >= 11 is 5.94. The van der Waals surface area contributed by atoms with Crippen LogP contribution in [0.25, 0.3) is 10.8 Å². The monoisotopic (exact) mass is 370 g/mol. The maximum absolute atomic E-state index is 12.6. The van der Waals surface area contributed by atoms with E-state index in [1.807, 2.05) is 6.92 Å². The lowest BCUT2D eigenvalue weighted by Gasteiger charge is -2.13. The van der Waals surface area contributed by atoms with Crippen LogP contribution in [0.1, 0.15) is 22.8 Å².